The minimum Gasteiger partial charge on any atom is -0.494 e. The maximum absolute atomic E-state index is 13.6. The van der Waals surface area contributed by atoms with Crippen molar-refractivity contribution in [1.29, 1.82) is 0 Å². The van der Waals surface area contributed by atoms with Crippen LogP contribution in [0, 0.1) is 12.7 Å². The number of methoxy groups -OCH3 is 1. The third-order valence-electron chi connectivity index (χ3n) is 2.70. The Kier molecular flexibility index (Phi) is 3.10. The summed E-state index contributed by atoms with van der Waals surface area (Å²) in [6.07, 6.45) is 0. The number of hydrogen-bond acceptors (Lipinski definition) is 3. The first kappa shape index (κ1) is 11.6. The van der Waals surface area contributed by atoms with Crippen LogP contribution < -0.4 is 10.5 Å². The van der Waals surface area contributed by atoms with Crippen LogP contribution in [-0.4, -0.2) is 17.3 Å². The lowest BCUT2D eigenvalue weighted by molar-refractivity contribution is 0.386. The molecule has 0 fully saturated rings. The first-order valence-corrected chi connectivity index (χ1v) is 5.25. The Morgan fingerprint density at radius 2 is 2.24 bits per heavy atom. The molecule has 90 valence electrons. The van der Waals surface area contributed by atoms with Crippen LogP contribution in [0.25, 0.3) is 11.3 Å². The van der Waals surface area contributed by atoms with Gasteiger partial charge in [-0.2, -0.15) is 5.10 Å². The number of aromatic amines is 1. The second-order valence-electron chi connectivity index (χ2n) is 3.73. The molecule has 2 rings (SSSR count). The Balaban J connectivity index is 2.49. The van der Waals surface area contributed by atoms with Gasteiger partial charge in [0.05, 0.1) is 12.8 Å². The first-order chi connectivity index (χ1) is 8.17. The third kappa shape index (κ3) is 2.01. The summed E-state index contributed by atoms with van der Waals surface area (Å²) in [5.41, 5.74) is 8.82. The van der Waals surface area contributed by atoms with E-state index in [-0.39, 0.29) is 5.75 Å². The lowest BCUT2D eigenvalue weighted by atomic mass is 10.1. The zero-order valence-electron chi connectivity index (χ0n) is 9.75. The number of hydrogen-bond donors (Lipinski definition) is 2. The number of aryl methyl sites for hydroxylation is 1. The zero-order valence-corrected chi connectivity index (χ0v) is 9.75. The summed E-state index contributed by atoms with van der Waals surface area (Å²) in [6.45, 7) is 2.25. The smallest absolute Gasteiger partial charge is 0.165 e. The van der Waals surface area contributed by atoms with E-state index in [0.29, 0.717) is 17.8 Å². The van der Waals surface area contributed by atoms with Gasteiger partial charge in [0.2, 0.25) is 0 Å². The Morgan fingerprint density at radius 1 is 1.47 bits per heavy atom. The van der Waals surface area contributed by atoms with Gasteiger partial charge in [0, 0.05) is 23.4 Å². The number of H-pyrrole nitrogens is 1. The van der Waals surface area contributed by atoms with E-state index in [1.807, 2.05) is 6.92 Å². The summed E-state index contributed by atoms with van der Waals surface area (Å²) in [6, 6.07) is 4.74. The predicted octanol–water partition coefficient (Wildman–Crippen LogP) is 1.99. The quantitative estimate of drug-likeness (QED) is 0.855. The van der Waals surface area contributed by atoms with Crippen LogP contribution in [0.1, 0.15) is 11.3 Å². The Morgan fingerprint density at radius 3 is 2.82 bits per heavy atom. The molecular weight excluding hydrogens is 221 g/mol. The van der Waals surface area contributed by atoms with Gasteiger partial charge < -0.3 is 10.5 Å². The highest BCUT2D eigenvalue weighted by molar-refractivity contribution is 5.64. The molecule has 0 saturated heterocycles. The molecule has 0 aliphatic carbocycles. The zero-order chi connectivity index (χ0) is 12.4. The fourth-order valence-electron chi connectivity index (χ4n) is 1.75. The van der Waals surface area contributed by atoms with Crippen LogP contribution in [0.4, 0.5) is 4.39 Å². The highest BCUT2D eigenvalue weighted by atomic mass is 19.1. The Labute approximate surface area is 98.6 Å². The minimum atomic E-state index is -0.409. The summed E-state index contributed by atoms with van der Waals surface area (Å²) in [5, 5.41) is 6.99. The average molecular weight is 235 g/mol. The monoisotopic (exact) mass is 235 g/mol. The van der Waals surface area contributed by atoms with Gasteiger partial charge in [-0.25, -0.2) is 4.39 Å². The highest BCUT2D eigenvalue weighted by Gasteiger charge is 2.12. The van der Waals surface area contributed by atoms with E-state index in [4.69, 9.17) is 10.5 Å². The largest absolute Gasteiger partial charge is 0.494 e. The molecule has 2 aromatic rings. The number of nitrogens with one attached hydrogen (secondary N) is 1. The number of benzene rings is 1. The van der Waals surface area contributed by atoms with Crippen molar-refractivity contribution in [2.45, 2.75) is 13.5 Å². The summed E-state index contributed by atoms with van der Waals surface area (Å²) in [5.74, 6) is -0.191. The van der Waals surface area contributed by atoms with E-state index >= 15 is 0 Å². The van der Waals surface area contributed by atoms with Crippen molar-refractivity contribution in [2.24, 2.45) is 5.73 Å². The molecule has 0 saturated carbocycles. The number of aromatic nitrogens is 2. The first-order valence-electron chi connectivity index (χ1n) is 5.25. The van der Waals surface area contributed by atoms with E-state index in [9.17, 15) is 4.39 Å². The van der Waals surface area contributed by atoms with Gasteiger partial charge in [-0.3, -0.25) is 5.10 Å². The minimum absolute atomic E-state index is 0.218. The van der Waals surface area contributed by atoms with Crippen LogP contribution in [0.5, 0.6) is 5.75 Å². The van der Waals surface area contributed by atoms with Gasteiger partial charge in [0.1, 0.15) is 0 Å². The lowest BCUT2D eigenvalue weighted by Gasteiger charge is -2.05. The molecule has 4 nitrogen and oxygen atoms in total. The molecule has 0 spiro atoms. The Bertz CT molecular complexity index is 537. The molecule has 0 atom stereocenters. The van der Waals surface area contributed by atoms with Crippen molar-refractivity contribution >= 4 is 0 Å². The van der Waals surface area contributed by atoms with Crippen LogP contribution in [0.15, 0.2) is 18.2 Å². The molecule has 3 N–H and O–H groups in total. The fraction of sp³-hybridized carbons (Fsp3) is 0.250. The molecular formula is C12H14FN3O. The molecule has 0 bridgehead atoms. The van der Waals surface area contributed by atoms with E-state index in [2.05, 4.69) is 10.2 Å². The second kappa shape index (κ2) is 4.55. The maximum Gasteiger partial charge on any atom is 0.165 e. The standard InChI is InChI=1S/C12H14FN3O/c1-7-9(6-14)12(16-15-7)8-3-4-11(17-2)10(13)5-8/h3-5H,6,14H2,1-2H3,(H,15,16). The molecule has 17 heavy (non-hydrogen) atoms. The third-order valence-corrected chi connectivity index (χ3v) is 2.70. The van der Waals surface area contributed by atoms with Gasteiger partial charge in [-0.15, -0.1) is 0 Å². The van der Waals surface area contributed by atoms with Gasteiger partial charge >= 0.3 is 0 Å². The Hall–Kier alpha value is -1.88. The predicted molar refractivity (Wildman–Crippen MR) is 63.2 cm³/mol. The van der Waals surface area contributed by atoms with Gasteiger partial charge in [-0.1, -0.05) is 0 Å². The van der Waals surface area contributed by atoms with Crippen LogP contribution in [0.2, 0.25) is 0 Å². The van der Waals surface area contributed by atoms with E-state index in [1.165, 1.54) is 13.2 Å². The lowest BCUT2D eigenvalue weighted by Crippen LogP contribution is -1.99. The summed E-state index contributed by atoms with van der Waals surface area (Å²) >= 11 is 0. The van der Waals surface area contributed by atoms with Crippen molar-refractivity contribution < 1.29 is 9.13 Å². The number of ether oxygens (including phenoxy) is 1. The molecule has 5 heteroatoms. The number of nitrogens with zero attached hydrogens (tertiary/aromatic N) is 1. The van der Waals surface area contributed by atoms with Crippen LogP contribution in [-0.2, 0) is 6.54 Å². The molecule has 0 aliphatic rings. The number of rotatable bonds is 3. The summed E-state index contributed by atoms with van der Waals surface area (Å²) in [4.78, 5) is 0. The van der Waals surface area contributed by atoms with Crippen molar-refractivity contribution in [3.05, 3.63) is 35.3 Å². The molecule has 0 amide bonds. The molecule has 1 aromatic carbocycles. The second-order valence-corrected chi connectivity index (χ2v) is 3.73. The van der Waals surface area contributed by atoms with Crippen molar-refractivity contribution in [1.82, 2.24) is 10.2 Å². The van der Waals surface area contributed by atoms with Gasteiger partial charge in [0.25, 0.3) is 0 Å². The average Bonchev–Trinajstić information content (AvgIpc) is 2.70. The summed E-state index contributed by atoms with van der Waals surface area (Å²) in [7, 11) is 1.43. The van der Waals surface area contributed by atoms with Crippen molar-refractivity contribution in [2.75, 3.05) is 7.11 Å². The SMILES string of the molecule is COc1ccc(-c2n[nH]c(C)c2CN)cc1F. The van der Waals surface area contributed by atoms with Crippen LogP contribution >= 0.6 is 0 Å². The molecule has 0 radical (unpaired) electrons. The molecule has 1 heterocycles. The fourth-order valence-corrected chi connectivity index (χ4v) is 1.75. The normalized spacial score (nSPS) is 10.6. The molecule has 0 aliphatic heterocycles. The number of halogens is 1. The highest BCUT2D eigenvalue weighted by Crippen LogP contribution is 2.27. The summed E-state index contributed by atoms with van der Waals surface area (Å²) < 4.78 is 18.5. The van der Waals surface area contributed by atoms with Gasteiger partial charge in [-0.05, 0) is 25.1 Å². The van der Waals surface area contributed by atoms with E-state index in [0.717, 1.165) is 11.3 Å². The number of nitrogens with two attached hydrogens (primary N) is 1. The maximum atomic E-state index is 13.6. The van der Waals surface area contributed by atoms with E-state index < -0.39 is 5.82 Å². The van der Waals surface area contributed by atoms with Crippen LogP contribution in [0.3, 0.4) is 0 Å². The topological polar surface area (TPSA) is 63.9 Å². The van der Waals surface area contributed by atoms with Crippen molar-refractivity contribution in [3.63, 3.8) is 0 Å². The molecule has 1 aromatic heterocycles. The van der Waals surface area contributed by atoms with Crippen molar-refractivity contribution in [3.8, 4) is 17.0 Å². The van der Waals surface area contributed by atoms with Gasteiger partial charge in [0.15, 0.2) is 11.6 Å². The van der Waals surface area contributed by atoms with E-state index in [1.54, 1.807) is 12.1 Å². The molecule has 0 unspecified atom stereocenters.